The summed E-state index contributed by atoms with van der Waals surface area (Å²) in [6.45, 7) is 1.33. The molecule has 0 saturated heterocycles. The van der Waals surface area contributed by atoms with E-state index < -0.39 is 16.6 Å². The molecule has 1 aliphatic rings. The maximum atomic E-state index is 12.5. The number of carbonyl (C=O) groups excluding carboxylic acids is 1. The predicted molar refractivity (Wildman–Crippen MR) is 102 cm³/mol. The Morgan fingerprint density at radius 2 is 1.93 bits per heavy atom. The summed E-state index contributed by atoms with van der Waals surface area (Å²) in [5.74, 6) is -0.372. The molecule has 1 amide bonds. The fourth-order valence-corrected chi connectivity index (χ4v) is 3.40. The minimum absolute atomic E-state index is 0.0965. The number of hydrogen-bond acceptors (Lipinski definition) is 6. The molecule has 8 nitrogen and oxygen atoms in total. The highest BCUT2D eigenvalue weighted by atomic mass is 16.6. The Labute approximate surface area is 158 Å². The van der Waals surface area contributed by atoms with Crippen molar-refractivity contribution in [3.63, 3.8) is 0 Å². The number of nitrogens with zero attached hydrogens (tertiary/aromatic N) is 3. The second kappa shape index (κ2) is 6.73. The van der Waals surface area contributed by atoms with Crippen LogP contribution in [-0.2, 0) is 4.79 Å². The van der Waals surface area contributed by atoms with Crippen molar-refractivity contribution in [2.45, 2.75) is 19.4 Å². The summed E-state index contributed by atoms with van der Waals surface area (Å²) in [5.41, 5.74) is 0.758. The first-order chi connectivity index (χ1) is 13.5. The van der Waals surface area contributed by atoms with Gasteiger partial charge in [0.15, 0.2) is 0 Å². The van der Waals surface area contributed by atoms with E-state index in [1.54, 1.807) is 42.5 Å². The van der Waals surface area contributed by atoms with Crippen LogP contribution >= 0.6 is 0 Å². The molecule has 0 bridgehead atoms. The molecule has 3 aromatic rings. The van der Waals surface area contributed by atoms with Gasteiger partial charge < -0.3 is 4.42 Å². The Balaban J connectivity index is 1.81. The highest BCUT2D eigenvalue weighted by Crippen LogP contribution is 2.37. The lowest BCUT2D eigenvalue weighted by molar-refractivity contribution is -0.385. The molecule has 0 N–H and O–H groups in total. The first kappa shape index (κ1) is 17.6. The van der Waals surface area contributed by atoms with Crippen molar-refractivity contribution >= 4 is 28.3 Å². The van der Waals surface area contributed by atoms with Crippen LogP contribution in [0.1, 0.15) is 30.5 Å². The van der Waals surface area contributed by atoms with Gasteiger partial charge in [0, 0.05) is 24.8 Å². The fourth-order valence-electron chi connectivity index (χ4n) is 3.40. The summed E-state index contributed by atoms with van der Waals surface area (Å²) in [5, 5.41) is 17.6. The number of amides is 1. The van der Waals surface area contributed by atoms with Crippen LogP contribution in [-0.4, -0.2) is 21.6 Å². The average Bonchev–Trinajstić information content (AvgIpc) is 3.12. The second-order valence-corrected chi connectivity index (χ2v) is 6.43. The van der Waals surface area contributed by atoms with Crippen LogP contribution in [0.3, 0.4) is 0 Å². The Hall–Kier alpha value is -3.81. The number of nitro groups is 1. The first-order valence-corrected chi connectivity index (χ1v) is 8.59. The molecule has 0 aliphatic carbocycles. The molecule has 0 fully saturated rings. The highest BCUT2D eigenvalue weighted by Gasteiger charge is 2.36. The number of hydrogen-bond donors (Lipinski definition) is 0. The van der Waals surface area contributed by atoms with Crippen molar-refractivity contribution in [3.8, 4) is 0 Å². The molecule has 140 valence electrons. The van der Waals surface area contributed by atoms with E-state index in [4.69, 9.17) is 4.42 Å². The van der Waals surface area contributed by atoms with Gasteiger partial charge in [-0.2, -0.15) is 5.10 Å². The Morgan fingerprint density at radius 3 is 2.68 bits per heavy atom. The maximum Gasteiger partial charge on any atom is 0.345 e. The number of fused-ring (bicyclic) bond motifs is 1. The number of benzene rings is 2. The highest BCUT2D eigenvalue weighted by molar-refractivity contribution is 6.04. The van der Waals surface area contributed by atoms with Crippen molar-refractivity contribution in [3.05, 3.63) is 86.3 Å². The van der Waals surface area contributed by atoms with Gasteiger partial charge in [-0.15, -0.1) is 0 Å². The van der Waals surface area contributed by atoms with Crippen LogP contribution in [0.25, 0.3) is 11.0 Å². The van der Waals surface area contributed by atoms with Crippen molar-refractivity contribution in [1.29, 1.82) is 0 Å². The molecule has 1 aliphatic heterocycles. The van der Waals surface area contributed by atoms with Gasteiger partial charge in [0.05, 0.1) is 27.8 Å². The minimum Gasteiger partial charge on any atom is -0.422 e. The third-order valence-electron chi connectivity index (χ3n) is 4.68. The number of rotatable bonds is 3. The lowest BCUT2D eigenvalue weighted by Gasteiger charge is -2.20. The number of para-hydroxylation sites is 2. The van der Waals surface area contributed by atoms with Gasteiger partial charge in [0.2, 0.25) is 5.91 Å². The monoisotopic (exact) mass is 377 g/mol. The van der Waals surface area contributed by atoms with Crippen molar-refractivity contribution in [2.75, 3.05) is 0 Å². The van der Waals surface area contributed by atoms with Crippen LogP contribution < -0.4 is 5.63 Å². The summed E-state index contributed by atoms with van der Waals surface area (Å²) >= 11 is 0. The molecule has 28 heavy (non-hydrogen) atoms. The zero-order chi connectivity index (χ0) is 19.8. The van der Waals surface area contributed by atoms with Gasteiger partial charge in [-0.1, -0.05) is 30.3 Å². The van der Waals surface area contributed by atoms with E-state index in [2.05, 4.69) is 5.10 Å². The number of carbonyl (C=O) groups is 1. The van der Waals surface area contributed by atoms with Gasteiger partial charge in [0.1, 0.15) is 5.58 Å². The van der Waals surface area contributed by atoms with E-state index in [1.807, 2.05) is 6.07 Å². The predicted octanol–water partition coefficient (Wildman–Crippen LogP) is 3.40. The topological polar surface area (TPSA) is 106 Å². The molecule has 0 spiro atoms. The van der Waals surface area contributed by atoms with Gasteiger partial charge in [-0.3, -0.25) is 14.9 Å². The van der Waals surface area contributed by atoms with Crippen molar-refractivity contribution in [2.24, 2.45) is 5.10 Å². The number of hydrazone groups is 1. The third-order valence-corrected chi connectivity index (χ3v) is 4.68. The van der Waals surface area contributed by atoms with Crippen LogP contribution in [0, 0.1) is 10.1 Å². The normalized spacial score (nSPS) is 16.2. The van der Waals surface area contributed by atoms with E-state index in [1.165, 1.54) is 18.0 Å². The molecule has 2 heterocycles. The second-order valence-electron chi connectivity index (χ2n) is 6.43. The molecule has 0 unspecified atom stereocenters. The summed E-state index contributed by atoms with van der Waals surface area (Å²) in [4.78, 5) is 35.5. The van der Waals surface area contributed by atoms with Crippen LogP contribution in [0.4, 0.5) is 5.69 Å². The number of nitro benzene ring substituents is 1. The molecule has 1 atom stereocenters. The zero-order valence-electron chi connectivity index (χ0n) is 14.9. The van der Waals surface area contributed by atoms with Crippen molar-refractivity contribution < 1.29 is 14.1 Å². The largest absolute Gasteiger partial charge is 0.422 e. The zero-order valence-corrected chi connectivity index (χ0v) is 14.9. The molecule has 0 radical (unpaired) electrons. The quantitative estimate of drug-likeness (QED) is 0.395. The van der Waals surface area contributed by atoms with Gasteiger partial charge >= 0.3 is 5.63 Å². The lowest BCUT2D eigenvalue weighted by atomic mass is 9.97. The third kappa shape index (κ3) is 2.94. The lowest BCUT2D eigenvalue weighted by Crippen LogP contribution is -2.24. The van der Waals surface area contributed by atoms with Gasteiger partial charge in [0.25, 0.3) is 5.69 Å². The summed E-state index contributed by atoms with van der Waals surface area (Å²) in [6, 6.07) is 14.3. The van der Waals surface area contributed by atoms with Crippen molar-refractivity contribution in [1.82, 2.24) is 5.01 Å². The Bertz CT molecular complexity index is 1200. The SMILES string of the molecule is CC(=O)N1N=C(c2cc3ccccc3oc2=O)C[C@@H]1c1ccccc1[N+](=O)[O-]. The minimum atomic E-state index is -0.667. The van der Waals surface area contributed by atoms with Gasteiger partial charge in [-0.05, 0) is 18.2 Å². The molecule has 0 saturated carbocycles. The summed E-state index contributed by atoms with van der Waals surface area (Å²) in [7, 11) is 0. The maximum absolute atomic E-state index is 12.5. The molecule has 2 aromatic carbocycles. The smallest absolute Gasteiger partial charge is 0.345 e. The van der Waals surface area contributed by atoms with E-state index in [0.29, 0.717) is 16.9 Å². The molecule has 8 heteroatoms. The van der Waals surface area contributed by atoms with Crippen LogP contribution in [0.15, 0.2) is 68.9 Å². The average molecular weight is 377 g/mol. The first-order valence-electron chi connectivity index (χ1n) is 8.59. The van der Waals surface area contributed by atoms with Crippen LogP contribution in [0.5, 0.6) is 0 Å². The fraction of sp³-hybridized carbons (Fsp3) is 0.150. The summed E-state index contributed by atoms with van der Waals surface area (Å²) in [6.07, 6.45) is 0.174. The summed E-state index contributed by atoms with van der Waals surface area (Å²) < 4.78 is 5.36. The van der Waals surface area contributed by atoms with Gasteiger partial charge in [-0.25, -0.2) is 9.80 Å². The molecular formula is C20H15N3O5. The molecular weight excluding hydrogens is 362 g/mol. The van der Waals surface area contributed by atoms with E-state index >= 15 is 0 Å². The van der Waals surface area contributed by atoms with E-state index in [9.17, 15) is 19.7 Å². The van der Waals surface area contributed by atoms with E-state index in [-0.39, 0.29) is 23.6 Å². The Kier molecular flexibility index (Phi) is 4.23. The van der Waals surface area contributed by atoms with E-state index in [0.717, 1.165) is 5.39 Å². The molecule has 4 rings (SSSR count). The molecule has 1 aromatic heterocycles. The van der Waals surface area contributed by atoms with Crippen LogP contribution in [0.2, 0.25) is 0 Å². The Morgan fingerprint density at radius 1 is 1.21 bits per heavy atom. The standard InChI is InChI=1S/C20H15N3O5/c1-12(24)22-18(14-7-3-4-8-17(14)23(26)27)11-16(21-22)15-10-13-6-2-5-9-19(13)28-20(15)25/h2-10,18H,11H2,1H3/t18-/m1/s1.